The summed E-state index contributed by atoms with van der Waals surface area (Å²) in [5.74, 6) is -0.465. The van der Waals surface area contributed by atoms with E-state index < -0.39 is 0 Å². The number of hydrogen-bond donors (Lipinski definition) is 3. The van der Waals surface area contributed by atoms with Crippen molar-refractivity contribution >= 4 is 17.3 Å². The van der Waals surface area contributed by atoms with E-state index in [2.05, 4.69) is 5.32 Å². The average molecular weight is 256 g/mol. The lowest BCUT2D eigenvalue weighted by Gasteiger charge is -2.10. The first kappa shape index (κ1) is 13.0. The Hall–Kier alpha value is -2.49. The van der Waals surface area contributed by atoms with Gasteiger partial charge in [-0.05, 0) is 43.7 Å². The number of phenols is 1. The van der Waals surface area contributed by atoms with Gasteiger partial charge in [-0.1, -0.05) is 17.7 Å². The van der Waals surface area contributed by atoms with Crippen molar-refractivity contribution in [3.8, 4) is 5.75 Å². The molecule has 0 unspecified atom stereocenters. The third-order valence-corrected chi connectivity index (χ3v) is 2.90. The Kier molecular flexibility index (Phi) is 3.42. The molecule has 0 spiro atoms. The van der Waals surface area contributed by atoms with Crippen molar-refractivity contribution in [2.24, 2.45) is 0 Å². The number of aryl methyl sites for hydroxylation is 2. The number of hydrogen-bond acceptors (Lipinski definition) is 3. The first-order valence-corrected chi connectivity index (χ1v) is 5.94. The van der Waals surface area contributed by atoms with Gasteiger partial charge in [0, 0.05) is 11.4 Å². The molecule has 4 nitrogen and oxygen atoms in total. The standard InChI is InChI=1S/C15H16N2O2/c1-9-3-5-13(10(2)7-9)17-15(19)12-8-11(16)4-6-14(12)18/h3-8,18H,16H2,1-2H3,(H,17,19). The number of anilines is 2. The van der Waals surface area contributed by atoms with Crippen LogP contribution in [-0.2, 0) is 0 Å². The molecule has 4 heteroatoms. The van der Waals surface area contributed by atoms with Gasteiger partial charge in [0.05, 0.1) is 5.56 Å². The van der Waals surface area contributed by atoms with Crippen LogP contribution in [0.5, 0.6) is 5.75 Å². The van der Waals surface area contributed by atoms with E-state index in [1.165, 1.54) is 12.1 Å². The van der Waals surface area contributed by atoms with E-state index in [4.69, 9.17) is 5.73 Å². The van der Waals surface area contributed by atoms with Crippen LogP contribution < -0.4 is 11.1 Å². The lowest BCUT2D eigenvalue weighted by molar-refractivity contribution is 0.102. The van der Waals surface area contributed by atoms with E-state index in [1.807, 2.05) is 32.0 Å². The molecule has 2 aromatic carbocycles. The molecule has 0 saturated heterocycles. The molecule has 0 atom stereocenters. The van der Waals surface area contributed by atoms with Gasteiger partial charge in [-0.3, -0.25) is 4.79 Å². The number of nitrogens with one attached hydrogen (secondary N) is 1. The molecule has 1 amide bonds. The highest BCUT2D eigenvalue weighted by Gasteiger charge is 2.12. The number of nitrogen functional groups attached to an aromatic ring is 1. The maximum atomic E-state index is 12.1. The van der Waals surface area contributed by atoms with Crippen molar-refractivity contribution in [1.82, 2.24) is 0 Å². The summed E-state index contributed by atoms with van der Waals surface area (Å²) in [6.07, 6.45) is 0. The summed E-state index contributed by atoms with van der Waals surface area (Å²) in [5.41, 5.74) is 9.03. The fraction of sp³-hybridized carbons (Fsp3) is 0.133. The van der Waals surface area contributed by atoms with Gasteiger partial charge >= 0.3 is 0 Å². The average Bonchev–Trinajstić information content (AvgIpc) is 2.35. The molecule has 2 aromatic rings. The van der Waals surface area contributed by atoms with Crippen molar-refractivity contribution in [2.45, 2.75) is 13.8 Å². The zero-order valence-corrected chi connectivity index (χ0v) is 10.9. The largest absolute Gasteiger partial charge is 0.507 e. The normalized spacial score (nSPS) is 10.2. The predicted molar refractivity (Wildman–Crippen MR) is 76.4 cm³/mol. The Morgan fingerprint density at radius 2 is 1.89 bits per heavy atom. The fourth-order valence-corrected chi connectivity index (χ4v) is 1.88. The van der Waals surface area contributed by atoms with Crippen molar-refractivity contribution in [3.63, 3.8) is 0 Å². The Morgan fingerprint density at radius 1 is 1.16 bits per heavy atom. The number of aromatic hydroxyl groups is 1. The summed E-state index contributed by atoms with van der Waals surface area (Å²) in [6, 6.07) is 10.1. The van der Waals surface area contributed by atoms with Gasteiger partial charge in [0.1, 0.15) is 5.75 Å². The number of carbonyl (C=O) groups is 1. The van der Waals surface area contributed by atoms with E-state index in [0.717, 1.165) is 16.8 Å². The summed E-state index contributed by atoms with van der Waals surface area (Å²) in [6.45, 7) is 3.91. The molecule has 0 bridgehead atoms. The van der Waals surface area contributed by atoms with E-state index in [1.54, 1.807) is 6.07 Å². The monoisotopic (exact) mass is 256 g/mol. The van der Waals surface area contributed by atoms with Crippen LogP contribution in [0.15, 0.2) is 36.4 Å². The van der Waals surface area contributed by atoms with Crippen molar-refractivity contribution < 1.29 is 9.90 Å². The molecule has 0 aromatic heterocycles. The molecule has 0 saturated carbocycles. The van der Waals surface area contributed by atoms with E-state index in [9.17, 15) is 9.90 Å². The molecule has 0 heterocycles. The van der Waals surface area contributed by atoms with Gasteiger partial charge in [0.2, 0.25) is 0 Å². The Morgan fingerprint density at radius 3 is 2.58 bits per heavy atom. The third kappa shape index (κ3) is 2.85. The zero-order valence-electron chi connectivity index (χ0n) is 10.9. The molecule has 0 aliphatic heterocycles. The molecular weight excluding hydrogens is 240 g/mol. The van der Waals surface area contributed by atoms with Crippen molar-refractivity contribution in [3.05, 3.63) is 53.1 Å². The van der Waals surface area contributed by atoms with E-state index in [-0.39, 0.29) is 17.2 Å². The maximum absolute atomic E-state index is 12.1. The second-order valence-electron chi connectivity index (χ2n) is 4.55. The van der Waals surface area contributed by atoms with Gasteiger partial charge in [-0.25, -0.2) is 0 Å². The molecule has 0 aliphatic rings. The summed E-state index contributed by atoms with van der Waals surface area (Å²) in [5, 5.41) is 12.4. The smallest absolute Gasteiger partial charge is 0.259 e. The number of carbonyl (C=O) groups excluding carboxylic acids is 1. The van der Waals surface area contributed by atoms with Crippen LogP contribution in [0.1, 0.15) is 21.5 Å². The molecular formula is C15H16N2O2. The number of nitrogens with two attached hydrogens (primary N) is 1. The van der Waals surface area contributed by atoms with Crippen LogP contribution in [0.25, 0.3) is 0 Å². The summed E-state index contributed by atoms with van der Waals surface area (Å²) >= 11 is 0. The molecule has 0 radical (unpaired) electrons. The Labute approximate surface area is 111 Å². The summed E-state index contributed by atoms with van der Waals surface area (Å²) in [7, 11) is 0. The lowest BCUT2D eigenvalue weighted by atomic mass is 10.1. The highest BCUT2D eigenvalue weighted by molar-refractivity contribution is 6.07. The van der Waals surface area contributed by atoms with Gasteiger partial charge in [-0.2, -0.15) is 0 Å². The first-order chi connectivity index (χ1) is 8.97. The minimum atomic E-state index is -0.378. The third-order valence-electron chi connectivity index (χ3n) is 2.90. The SMILES string of the molecule is Cc1ccc(NC(=O)c2cc(N)ccc2O)c(C)c1. The molecule has 98 valence electrons. The van der Waals surface area contributed by atoms with E-state index in [0.29, 0.717) is 5.69 Å². The predicted octanol–water partition coefficient (Wildman–Crippen LogP) is 2.84. The van der Waals surface area contributed by atoms with E-state index >= 15 is 0 Å². The fourth-order valence-electron chi connectivity index (χ4n) is 1.88. The number of rotatable bonds is 2. The molecule has 4 N–H and O–H groups in total. The maximum Gasteiger partial charge on any atom is 0.259 e. The lowest BCUT2D eigenvalue weighted by Crippen LogP contribution is -2.13. The summed E-state index contributed by atoms with van der Waals surface area (Å²) in [4.78, 5) is 12.1. The number of benzene rings is 2. The zero-order chi connectivity index (χ0) is 14.0. The van der Waals surface area contributed by atoms with Crippen LogP contribution in [0.2, 0.25) is 0 Å². The Bertz CT molecular complexity index is 636. The summed E-state index contributed by atoms with van der Waals surface area (Å²) < 4.78 is 0. The van der Waals surface area contributed by atoms with Gasteiger partial charge in [-0.15, -0.1) is 0 Å². The topological polar surface area (TPSA) is 75.4 Å². The molecule has 0 aliphatic carbocycles. The van der Waals surface area contributed by atoms with Crippen LogP contribution in [0.4, 0.5) is 11.4 Å². The second kappa shape index (κ2) is 5.02. The van der Waals surface area contributed by atoms with Gasteiger partial charge < -0.3 is 16.2 Å². The van der Waals surface area contributed by atoms with Crippen LogP contribution in [-0.4, -0.2) is 11.0 Å². The second-order valence-corrected chi connectivity index (χ2v) is 4.55. The highest BCUT2D eigenvalue weighted by Crippen LogP contribution is 2.22. The molecule has 0 fully saturated rings. The molecule has 2 rings (SSSR count). The first-order valence-electron chi connectivity index (χ1n) is 5.94. The van der Waals surface area contributed by atoms with Crippen LogP contribution >= 0.6 is 0 Å². The molecule has 19 heavy (non-hydrogen) atoms. The minimum absolute atomic E-state index is 0.0866. The quantitative estimate of drug-likeness (QED) is 0.571. The minimum Gasteiger partial charge on any atom is -0.507 e. The highest BCUT2D eigenvalue weighted by atomic mass is 16.3. The van der Waals surface area contributed by atoms with Crippen molar-refractivity contribution in [1.29, 1.82) is 0 Å². The number of amides is 1. The van der Waals surface area contributed by atoms with Gasteiger partial charge in [0.25, 0.3) is 5.91 Å². The number of phenolic OH excluding ortho intramolecular Hbond substituents is 1. The van der Waals surface area contributed by atoms with Gasteiger partial charge in [0.15, 0.2) is 0 Å². The van der Waals surface area contributed by atoms with Crippen molar-refractivity contribution in [2.75, 3.05) is 11.1 Å². The van der Waals surface area contributed by atoms with Crippen LogP contribution in [0, 0.1) is 13.8 Å². The van der Waals surface area contributed by atoms with Crippen LogP contribution in [0.3, 0.4) is 0 Å². The Balaban J connectivity index is 2.28.